The van der Waals surface area contributed by atoms with Gasteiger partial charge < -0.3 is 4.74 Å². The summed E-state index contributed by atoms with van der Waals surface area (Å²) < 4.78 is 5.96. The van der Waals surface area contributed by atoms with Gasteiger partial charge in [0.2, 0.25) is 0 Å². The number of aryl methyl sites for hydroxylation is 1. The number of fused-ring (bicyclic) bond motifs is 1. The molecular formula is C19H19NO. The average Bonchev–Trinajstić information content (AvgIpc) is 2.54. The summed E-state index contributed by atoms with van der Waals surface area (Å²) in [7, 11) is 0. The van der Waals surface area contributed by atoms with E-state index in [4.69, 9.17) is 4.74 Å². The fourth-order valence-corrected chi connectivity index (χ4v) is 2.46. The zero-order valence-electron chi connectivity index (χ0n) is 12.3. The Morgan fingerprint density at radius 3 is 2.62 bits per heavy atom. The third kappa shape index (κ3) is 3.22. The van der Waals surface area contributed by atoms with Crippen molar-refractivity contribution in [2.24, 2.45) is 0 Å². The van der Waals surface area contributed by atoms with Crippen LogP contribution < -0.4 is 4.74 Å². The van der Waals surface area contributed by atoms with Crippen molar-refractivity contribution in [2.75, 3.05) is 0 Å². The lowest BCUT2D eigenvalue weighted by atomic mass is 10.1. The lowest BCUT2D eigenvalue weighted by molar-refractivity contribution is 0.298. The third-order valence-corrected chi connectivity index (χ3v) is 3.52. The van der Waals surface area contributed by atoms with E-state index in [9.17, 15) is 0 Å². The summed E-state index contributed by atoms with van der Waals surface area (Å²) in [4.78, 5) is 4.64. The summed E-state index contributed by atoms with van der Waals surface area (Å²) in [6.07, 6.45) is 2.16. The molecule has 0 fully saturated rings. The molecule has 21 heavy (non-hydrogen) atoms. The van der Waals surface area contributed by atoms with Gasteiger partial charge >= 0.3 is 0 Å². The van der Waals surface area contributed by atoms with Crippen molar-refractivity contribution in [1.29, 1.82) is 0 Å². The second-order valence-corrected chi connectivity index (χ2v) is 5.14. The number of nitrogens with zero attached hydrogens (tertiary/aromatic N) is 1. The van der Waals surface area contributed by atoms with Crippen LogP contribution >= 0.6 is 0 Å². The molecule has 1 heterocycles. The predicted molar refractivity (Wildman–Crippen MR) is 86.5 cm³/mol. The first-order valence-corrected chi connectivity index (χ1v) is 7.42. The fourth-order valence-electron chi connectivity index (χ4n) is 2.46. The number of ether oxygens (including phenoxy) is 1. The summed E-state index contributed by atoms with van der Waals surface area (Å²) in [6.45, 7) is 2.69. The Morgan fingerprint density at radius 1 is 0.905 bits per heavy atom. The number of aromatic nitrogens is 1. The van der Waals surface area contributed by atoms with E-state index in [-0.39, 0.29) is 0 Å². The van der Waals surface area contributed by atoms with Crippen molar-refractivity contribution in [3.05, 3.63) is 71.9 Å². The number of hydrogen-bond acceptors (Lipinski definition) is 2. The van der Waals surface area contributed by atoms with Gasteiger partial charge in [-0.3, -0.25) is 0 Å². The predicted octanol–water partition coefficient (Wildman–Crippen LogP) is 4.77. The van der Waals surface area contributed by atoms with Crippen molar-refractivity contribution in [2.45, 2.75) is 26.4 Å². The second kappa shape index (κ2) is 6.40. The van der Waals surface area contributed by atoms with Crippen LogP contribution in [0.3, 0.4) is 0 Å². The molecule has 3 rings (SSSR count). The molecule has 0 aliphatic heterocycles. The van der Waals surface area contributed by atoms with Crippen LogP contribution in [0.15, 0.2) is 60.7 Å². The molecule has 0 aliphatic rings. The third-order valence-electron chi connectivity index (χ3n) is 3.52. The van der Waals surface area contributed by atoms with Crippen molar-refractivity contribution < 1.29 is 4.74 Å². The van der Waals surface area contributed by atoms with E-state index in [1.807, 2.05) is 36.4 Å². The molecule has 0 N–H and O–H groups in total. The minimum Gasteiger partial charge on any atom is -0.487 e. The SMILES string of the molecule is CCCc1ccccc1OCc1ccc2ccccc2n1. The zero-order chi connectivity index (χ0) is 14.5. The first kappa shape index (κ1) is 13.6. The molecule has 0 saturated carbocycles. The maximum absolute atomic E-state index is 5.96. The Kier molecular flexibility index (Phi) is 4.15. The van der Waals surface area contributed by atoms with Gasteiger partial charge in [-0.05, 0) is 30.2 Å². The molecule has 3 aromatic rings. The minimum absolute atomic E-state index is 0.506. The lowest BCUT2D eigenvalue weighted by Crippen LogP contribution is -2.00. The maximum atomic E-state index is 5.96. The van der Waals surface area contributed by atoms with Gasteiger partial charge in [0.05, 0.1) is 11.2 Å². The normalized spacial score (nSPS) is 10.7. The van der Waals surface area contributed by atoms with E-state index in [0.29, 0.717) is 6.61 Å². The van der Waals surface area contributed by atoms with Crippen LogP contribution in [0, 0.1) is 0 Å². The molecule has 0 spiro atoms. The topological polar surface area (TPSA) is 22.1 Å². The zero-order valence-corrected chi connectivity index (χ0v) is 12.3. The molecule has 0 amide bonds. The van der Waals surface area contributed by atoms with Crippen LogP contribution in [0.25, 0.3) is 10.9 Å². The Hall–Kier alpha value is -2.35. The highest BCUT2D eigenvalue weighted by molar-refractivity contribution is 5.78. The molecule has 106 valence electrons. The van der Waals surface area contributed by atoms with Crippen molar-refractivity contribution >= 4 is 10.9 Å². The maximum Gasteiger partial charge on any atom is 0.130 e. The average molecular weight is 277 g/mol. The number of pyridine rings is 1. The summed E-state index contributed by atoms with van der Waals surface area (Å²) in [5.74, 6) is 0.967. The van der Waals surface area contributed by atoms with Crippen molar-refractivity contribution in [3.63, 3.8) is 0 Å². The molecule has 0 atom stereocenters. The van der Waals surface area contributed by atoms with Crippen LogP contribution in [0.2, 0.25) is 0 Å². The van der Waals surface area contributed by atoms with E-state index in [2.05, 4.69) is 36.2 Å². The van der Waals surface area contributed by atoms with E-state index in [0.717, 1.165) is 35.2 Å². The standard InChI is InChI=1S/C19H19NO/c1-2-7-16-9-4-6-11-19(16)21-14-17-13-12-15-8-3-5-10-18(15)20-17/h3-6,8-13H,2,7,14H2,1H3. The lowest BCUT2D eigenvalue weighted by Gasteiger charge is -2.11. The van der Waals surface area contributed by atoms with Crippen LogP contribution in [0.4, 0.5) is 0 Å². The van der Waals surface area contributed by atoms with Gasteiger partial charge in [0.25, 0.3) is 0 Å². The molecule has 2 heteroatoms. The highest BCUT2D eigenvalue weighted by Gasteiger charge is 2.04. The number of benzene rings is 2. The van der Waals surface area contributed by atoms with Gasteiger partial charge in [-0.1, -0.05) is 55.8 Å². The summed E-state index contributed by atoms with van der Waals surface area (Å²) >= 11 is 0. The molecule has 2 aromatic carbocycles. The van der Waals surface area contributed by atoms with Gasteiger partial charge in [0.1, 0.15) is 12.4 Å². The first-order valence-electron chi connectivity index (χ1n) is 7.42. The van der Waals surface area contributed by atoms with Crippen LogP contribution in [-0.2, 0) is 13.0 Å². The number of rotatable bonds is 5. The Bertz CT molecular complexity index is 736. The molecule has 0 saturated heterocycles. The molecule has 0 radical (unpaired) electrons. The Morgan fingerprint density at radius 2 is 1.71 bits per heavy atom. The molecule has 2 nitrogen and oxygen atoms in total. The van der Waals surface area contributed by atoms with Crippen LogP contribution in [0.1, 0.15) is 24.6 Å². The fraction of sp³-hybridized carbons (Fsp3) is 0.211. The smallest absolute Gasteiger partial charge is 0.130 e. The second-order valence-electron chi connectivity index (χ2n) is 5.14. The van der Waals surface area contributed by atoms with E-state index < -0.39 is 0 Å². The summed E-state index contributed by atoms with van der Waals surface area (Å²) in [5, 5.41) is 1.16. The van der Waals surface area contributed by atoms with Crippen LogP contribution in [0.5, 0.6) is 5.75 Å². The molecule has 0 unspecified atom stereocenters. The molecule has 0 bridgehead atoms. The van der Waals surface area contributed by atoms with Crippen molar-refractivity contribution in [1.82, 2.24) is 4.98 Å². The first-order chi connectivity index (χ1) is 10.4. The van der Waals surface area contributed by atoms with Crippen molar-refractivity contribution in [3.8, 4) is 5.75 Å². The van der Waals surface area contributed by atoms with Crippen LogP contribution in [-0.4, -0.2) is 4.98 Å². The summed E-state index contributed by atoms with van der Waals surface area (Å²) in [6, 6.07) is 20.5. The van der Waals surface area contributed by atoms with Gasteiger partial charge in [0.15, 0.2) is 0 Å². The highest BCUT2D eigenvalue weighted by Crippen LogP contribution is 2.21. The van der Waals surface area contributed by atoms with E-state index in [1.165, 1.54) is 5.56 Å². The molecular weight excluding hydrogens is 258 g/mol. The number of hydrogen-bond donors (Lipinski definition) is 0. The molecule has 1 aromatic heterocycles. The number of para-hydroxylation sites is 2. The van der Waals surface area contributed by atoms with Gasteiger partial charge in [-0.25, -0.2) is 4.98 Å². The quantitative estimate of drug-likeness (QED) is 0.670. The van der Waals surface area contributed by atoms with E-state index >= 15 is 0 Å². The van der Waals surface area contributed by atoms with Gasteiger partial charge in [-0.2, -0.15) is 0 Å². The van der Waals surface area contributed by atoms with E-state index in [1.54, 1.807) is 0 Å². The minimum atomic E-state index is 0.506. The van der Waals surface area contributed by atoms with Gasteiger partial charge in [0, 0.05) is 5.39 Å². The van der Waals surface area contributed by atoms with Gasteiger partial charge in [-0.15, -0.1) is 0 Å². The Balaban J connectivity index is 1.77. The highest BCUT2D eigenvalue weighted by atomic mass is 16.5. The summed E-state index contributed by atoms with van der Waals surface area (Å²) in [5.41, 5.74) is 3.24. The largest absolute Gasteiger partial charge is 0.487 e. The Labute approximate surface area is 125 Å². The molecule has 0 aliphatic carbocycles. The monoisotopic (exact) mass is 277 g/mol.